The minimum atomic E-state index is -4.85. The number of halogens is 3. The fraction of sp³-hybridized carbons (Fsp3) is 0.192. The molecule has 0 bridgehead atoms. The monoisotopic (exact) mass is 542 g/mol. The minimum Gasteiger partial charge on any atom is -0.481 e. The van der Waals surface area contributed by atoms with Gasteiger partial charge in [0, 0.05) is 17.8 Å². The summed E-state index contributed by atoms with van der Waals surface area (Å²) in [6.07, 6.45) is -6.40. The lowest BCUT2D eigenvalue weighted by Crippen LogP contribution is -2.29. The zero-order chi connectivity index (χ0) is 28.2. The number of carbonyl (C=O) groups is 2. The van der Waals surface area contributed by atoms with Crippen molar-refractivity contribution >= 4 is 28.5 Å². The van der Waals surface area contributed by atoms with Crippen molar-refractivity contribution < 1.29 is 37.7 Å². The Bertz CT molecular complexity index is 1540. The number of aliphatic hydroxyl groups is 1. The topological polar surface area (TPSA) is 144 Å². The predicted octanol–water partition coefficient (Wildman–Crippen LogP) is 3.77. The van der Waals surface area contributed by atoms with Crippen molar-refractivity contribution in [2.45, 2.75) is 25.4 Å². The Balaban J connectivity index is 1.40. The average molecular weight is 542 g/mol. The average Bonchev–Trinajstić information content (AvgIpc) is 2.89. The van der Waals surface area contributed by atoms with E-state index in [1.54, 1.807) is 24.3 Å². The van der Waals surface area contributed by atoms with Crippen LogP contribution < -0.4 is 15.6 Å². The number of hydrogen-bond donors (Lipinski definition) is 3. The van der Waals surface area contributed by atoms with Crippen molar-refractivity contribution in [1.82, 2.24) is 15.0 Å². The van der Waals surface area contributed by atoms with E-state index in [1.165, 1.54) is 24.3 Å². The SMILES string of the molecule is O=C(Nc1ccc([C@@H](O)[C@H](CCn2nnc3ccccc3c2=O)C(=O)O)cc1)c1ccc(OC(F)(F)F)cc1. The number of aliphatic carboxylic acids is 1. The van der Waals surface area contributed by atoms with E-state index in [0.29, 0.717) is 16.6 Å². The van der Waals surface area contributed by atoms with Gasteiger partial charge in [0.15, 0.2) is 0 Å². The molecule has 1 heterocycles. The number of benzene rings is 3. The lowest BCUT2D eigenvalue weighted by atomic mass is 9.92. The van der Waals surface area contributed by atoms with E-state index in [-0.39, 0.29) is 24.1 Å². The van der Waals surface area contributed by atoms with E-state index < -0.39 is 41.6 Å². The normalized spacial score (nSPS) is 13.0. The molecule has 10 nitrogen and oxygen atoms in total. The third kappa shape index (κ3) is 6.76. The summed E-state index contributed by atoms with van der Waals surface area (Å²) in [6, 6.07) is 16.7. The predicted molar refractivity (Wildman–Crippen MR) is 132 cm³/mol. The summed E-state index contributed by atoms with van der Waals surface area (Å²) in [5.41, 5.74) is 0.615. The fourth-order valence-electron chi connectivity index (χ4n) is 3.85. The van der Waals surface area contributed by atoms with Crippen LogP contribution in [0.2, 0.25) is 0 Å². The molecular weight excluding hydrogens is 521 g/mol. The number of carboxylic acid groups (broad SMARTS) is 1. The minimum absolute atomic E-state index is 0.0756. The van der Waals surface area contributed by atoms with Crippen molar-refractivity contribution in [3.05, 3.63) is 94.3 Å². The molecule has 2 atom stereocenters. The molecular formula is C26H21F3N4O6. The molecule has 39 heavy (non-hydrogen) atoms. The van der Waals surface area contributed by atoms with E-state index in [4.69, 9.17) is 0 Å². The molecule has 0 aliphatic carbocycles. The maximum absolute atomic E-state index is 12.6. The Morgan fingerprint density at radius 1 is 1.00 bits per heavy atom. The number of hydrogen-bond acceptors (Lipinski definition) is 7. The van der Waals surface area contributed by atoms with Crippen molar-refractivity contribution in [3.8, 4) is 5.75 Å². The van der Waals surface area contributed by atoms with Gasteiger partial charge >= 0.3 is 12.3 Å². The Hall–Kier alpha value is -4.78. The highest BCUT2D eigenvalue weighted by Crippen LogP contribution is 2.27. The fourth-order valence-corrected chi connectivity index (χ4v) is 3.85. The number of rotatable bonds is 9. The van der Waals surface area contributed by atoms with Gasteiger partial charge in [-0.2, -0.15) is 0 Å². The molecule has 1 amide bonds. The Morgan fingerprint density at radius 2 is 1.67 bits per heavy atom. The largest absolute Gasteiger partial charge is 0.573 e. The third-order valence-corrected chi connectivity index (χ3v) is 5.84. The molecule has 0 fully saturated rings. The summed E-state index contributed by atoms with van der Waals surface area (Å²) in [5.74, 6) is -3.63. The number of amides is 1. The zero-order valence-electron chi connectivity index (χ0n) is 20.0. The lowest BCUT2D eigenvalue weighted by Gasteiger charge is -2.20. The van der Waals surface area contributed by atoms with E-state index in [0.717, 1.165) is 28.9 Å². The van der Waals surface area contributed by atoms with Gasteiger partial charge in [0.2, 0.25) is 0 Å². The molecule has 13 heteroatoms. The Kier molecular flexibility index (Phi) is 7.91. The quantitative estimate of drug-likeness (QED) is 0.290. The summed E-state index contributed by atoms with van der Waals surface area (Å²) in [6.45, 7) is -0.0916. The van der Waals surface area contributed by atoms with Crippen LogP contribution in [0.15, 0.2) is 77.6 Å². The standard InChI is InChI=1S/C26H21F3N4O6/c27-26(28,29)39-18-11-7-16(8-12-18)23(35)30-17-9-5-15(6-10-17)22(34)20(25(37)38)13-14-33-24(36)19-3-1-2-4-21(19)31-32-33/h1-12,20,22,34H,13-14H2,(H,30,35)(H,37,38)/t20-,22+/m0/s1. The number of ether oxygens (including phenoxy) is 1. The number of aromatic nitrogens is 3. The molecule has 0 saturated heterocycles. The number of carbonyl (C=O) groups excluding carboxylic acids is 1. The van der Waals surface area contributed by atoms with Crippen molar-refractivity contribution in [2.75, 3.05) is 5.32 Å². The first-order valence-corrected chi connectivity index (χ1v) is 11.5. The second-order valence-corrected chi connectivity index (χ2v) is 8.46. The number of nitrogens with zero attached hydrogens (tertiary/aromatic N) is 3. The van der Waals surface area contributed by atoms with E-state index >= 15 is 0 Å². The summed E-state index contributed by atoms with van der Waals surface area (Å²) < 4.78 is 41.7. The highest BCUT2D eigenvalue weighted by molar-refractivity contribution is 6.04. The molecule has 202 valence electrons. The molecule has 3 N–H and O–H groups in total. The van der Waals surface area contributed by atoms with Crippen LogP contribution in [-0.2, 0) is 11.3 Å². The van der Waals surface area contributed by atoms with Crippen LogP contribution in [0.1, 0.15) is 28.4 Å². The molecule has 1 aromatic heterocycles. The molecule has 0 aliphatic rings. The smallest absolute Gasteiger partial charge is 0.481 e. The number of anilines is 1. The van der Waals surface area contributed by atoms with Crippen molar-refractivity contribution in [1.29, 1.82) is 0 Å². The third-order valence-electron chi connectivity index (χ3n) is 5.84. The van der Waals surface area contributed by atoms with Crippen LogP contribution in [0, 0.1) is 5.92 Å². The second kappa shape index (κ2) is 11.3. The summed E-state index contributed by atoms with van der Waals surface area (Å²) in [5, 5.41) is 31.1. The van der Waals surface area contributed by atoms with Crippen LogP contribution in [-0.4, -0.2) is 43.4 Å². The first kappa shape index (κ1) is 27.3. The number of carboxylic acids is 1. The van der Waals surface area contributed by atoms with Crippen LogP contribution in [0.5, 0.6) is 5.75 Å². The maximum atomic E-state index is 12.6. The molecule has 3 aromatic carbocycles. The van der Waals surface area contributed by atoms with Crippen molar-refractivity contribution in [3.63, 3.8) is 0 Å². The molecule has 0 aliphatic heterocycles. The number of aryl methyl sites for hydroxylation is 1. The van der Waals surface area contributed by atoms with E-state index in [1.807, 2.05) is 0 Å². The van der Waals surface area contributed by atoms with Crippen LogP contribution in [0.25, 0.3) is 10.9 Å². The Morgan fingerprint density at radius 3 is 2.31 bits per heavy atom. The van der Waals surface area contributed by atoms with E-state index in [2.05, 4.69) is 20.4 Å². The van der Waals surface area contributed by atoms with Gasteiger partial charge in [0.1, 0.15) is 11.3 Å². The van der Waals surface area contributed by atoms with Gasteiger partial charge in [-0.3, -0.25) is 14.4 Å². The second-order valence-electron chi connectivity index (χ2n) is 8.46. The molecule has 0 unspecified atom stereocenters. The first-order valence-electron chi connectivity index (χ1n) is 11.5. The zero-order valence-corrected chi connectivity index (χ0v) is 20.0. The van der Waals surface area contributed by atoms with Gasteiger partial charge in [-0.15, -0.1) is 18.3 Å². The van der Waals surface area contributed by atoms with Gasteiger partial charge in [-0.05, 0) is 60.5 Å². The van der Waals surface area contributed by atoms with Crippen LogP contribution >= 0.6 is 0 Å². The highest BCUT2D eigenvalue weighted by Gasteiger charge is 2.31. The molecule has 4 rings (SSSR count). The summed E-state index contributed by atoms with van der Waals surface area (Å²) in [4.78, 5) is 36.9. The maximum Gasteiger partial charge on any atom is 0.573 e. The van der Waals surface area contributed by atoms with Gasteiger partial charge in [0.25, 0.3) is 11.5 Å². The lowest BCUT2D eigenvalue weighted by molar-refractivity contribution is -0.274. The number of alkyl halides is 3. The molecule has 4 aromatic rings. The number of nitrogens with one attached hydrogen (secondary N) is 1. The van der Waals surface area contributed by atoms with Gasteiger partial charge in [-0.1, -0.05) is 29.5 Å². The van der Waals surface area contributed by atoms with Gasteiger partial charge < -0.3 is 20.3 Å². The van der Waals surface area contributed by atoms with E-state index in [9.17, 15) is 37.8 Å². The Labute approximate surface area is 218 Å². The summed E-state index contributed by atoms with van der Waals surface area (Å²) >= 11 is 0. The number of aliphatic hydroxyl groups excluding tert-OH is 1. The van der Waals surface area contributed by atoms with Gasteiger partial charge in [0.05, 0.1) is 17.4 Å². The molecule has 0 spiro atoms. The van der Waals surface area contributed by atoms with Crippen LogP contribution in [0.4, 0.5) is 18.9 Å². The van der Waals surface area contributed by atoms with Crippen LogP contribution in [0.3, 0.4) is 0 Å². The number of fused-ring (bicyclic) bond motifs is 1. The first-order chi connectivity index (χ1) is 18.5. The van der Waals surface area contributed by atoms with Crippen molar-refractivity contribution in [2.24, 2.45) is 5.92 Å². The highest BCUT2D eigenvalue weighted by atomic mass is 19.4. The molecule has 0 radical (unpaired) electrons. The summed E-state index contributed by atoms with van der Waals surface area (Å²) in [7, 11) is 0. The molecule has 0 saturated carbocycles. The van der Waals surface area contributed by atoms with Gasteiger partial charge in [-0.25, -0.2) is 4.68 Å².